The average Bonchev–Trinajstić information content (AvgIpc) is 2.74. The van der Waals surface area contributed by atoms with E-state index in [1.807, 2.05) is 0 Å². The molecular formula is C11H11N3O2. The van der Waals surface area contributed by atoms with E-state index in [4.69, 9.17) is 5.73 Å². The normalized spacial score (nSPS) is 10.1. The molecule has 0 unspecified atom stereocenters. The van der Waals surface area contributed by atoms with Gasteiger partial charge in [-0.05, 0) is 24.6 Å². The van der Waals surface area contributed by atoms with Crippen LogP contribution in [0, 0.1) is 6.92 Å². The summed E-state index contributed by atoms with van der Waals surface area (Å²) < 4.78 is 4.62. The Bertz CT molecular complexity index is 506. The lowest BCUT2D eigenvalue weighted by atomic mass is 10.1. The highest BCUT2D eigenvalue weighted by molar-refractivity contribution is 6.05. The second kappa shape index (κ2) is 4.06. The fourth-order valence-electron chi connectivity index (χ4n) is 1.36. The summed E-state index contributed by atoms with van der Waals surface area (Å²) in [5, 5.41) is 6.20. The molecule has 0 fully saturated rings. The minimum absolute atomic E-state index is 0.251. The summed E-state index contributed by atoms with van der Waals surface area (Å²) in [7, 11) is 0. The monoisotopic (exact) mass is 217 g/mol. The number of nitrogens with one attached hydrogen (secondary N) is 1. The van der Waals surface area contributed by atoms with Gasteiger partial charge in [0.25, 0.3) is 5.91 Å². The predicted octanol–water partition coefficient (Wildman–Crippen LogP) is 1.82. The van der Waals surface area contributed by atoms with Crippen molar-refractivity contribution in [2.45, 2.75) is 6.92 Å². The van der Waals surface area contributed by atoms with Crippen LogP contribution in [0.3, 0.4) is 0 Å². The van der Waals surface area contributed by atoms with Gasteiger partial charge in [-0.2, -0.15) is 0 Å². The van der Waals surface area contributed by atoms with Crippen molar-refractivity contribution in [3.8, 4) is 0 Å². The second-order valence-electron chi connectivity index (χ2n) is 3.36. The molecule has 0 aliphatic heterocycles. The van der Waals surface area contributed by atoms with Crippen LogP contribution in [0.15, 0.2) is 35.1 Å². The number of benzene rings is 1. The molecule has 0 atom stereocenters. The molecule has 0 spiro atoms. The molecule has 1 heterocycles. The number of anilines is 2. The summed E-state index contributed by atoms with van der Waals surface area (Å²) in [6.45, 7) is 1.80. The molecular weight excluding hydrogens is 206 g/mol. The zero-order chi connectivity index (χ0) is 11.5. The van der Waals surface area contributed by atoms with Crippen LogP contribution in [0.1, 0.15) is 15.9 Å². The van der Waals surface area contributed by atoms with Crippen molar-refractivity contribution < 1.29 is 9.32 Å². The van der Waals surface area contributed by atoms with Crippen molar-refractivity contribution in [3.05, 3.63) is 41.7 Å². The fraction of sp³-hybridized carbons (Fsp3) is 0.0909. The molecule has 0 saturated heterocycles. The molecule has 0 aliphatic rings. The summed E-state index contributed by atoms with van der Waals surface area (Å²) >= 11 is 0. The average molecular weight is 217 g/mol. The first-order valence-corrected chi connectivity index (χ1v) is 4.75. The first-order valence-electron chi connectivity index (χ1n) is 4.75. The molecule has 0 saturated carbocycles. The Morgan fingerprint density at radius 3 is 2.94 bits per heavy atom. The molecule has 2 aromatic rings. The van der Waals surface area contributed by atoms with Crippen molar-refractivity contribution in [2.24, 2.45) is 0 Å². The molecule has 2 rings (SSSR count). The van der Waals surface area contributed by atoms with E-state index in [0.29, 0.717) is 17.1 Å². The van der Waals surface area contributed by atoms with Crippen LogP contribution in [-0.2, 0) is 0 Å². The summed E-state index contributed by atoms with van der Waals surface area (Å²) in [6.07, 6.45) is 1.39. The van der Waals surface area contributed by atoms with Gasteiger partial charge < -0.3 is 15.6 Å². The van der Waals surface area contributed by atoms with Gasteiger partial charge in [-0.25, -0.2) is 0 Å². The maximum atomic E-state index is 11.8. The smallest absolute Gasteiger partial charge is 0.257 e. The van der Waals surface area contributed by atoms with Crippen molar-refractivity contribution >= 4 is 17.4 Å². The van der Waals surface area contributed by atoms with Crippen molar-refractivity contribution in [1.29, 1.82) is 0 Å². The van der Waals surface area contributed by atoms with Crippen molar-refractivity contribution in [1.82, 2.24) is 5.16 Å². The van der Waals surface area contributed by atoms with Gasteiger partial charge in [-0.1, -0.05) is 11.2 Å². The fourth-order valence-corrected chi connectivity index (χ4v) is 1.36. The number of nitrogens with zero attached hydrogens (tertiary/aromatic N) is 1. The highest BCUT2D eigenvalue weighted by Crippen LogP contribution is 2.16. The van der Waals surface area contributed by atoms with Crippen LogP contribution in [0.2, 0.25) is 0 Å². The lowest BCUT2D eigenvalue weighted by Gasteiger charge is -2.07. The zero-order valence-corrected chi connectivity index (χ0v) is 8.73. The first kappa shape index (κ1) is 10.2. The molecule has 0 radical (unpaired) electrons. The van der Waals surface area contributed by atoms with Crippen LogP contribution in [0.25, 0.3) is 0 Å². The number of nitrogens with two attached hydrogens (primary N) is 1. The van der Waals surface area contributed by atoms with Gasteiger partial charge in [0.15, 0.2) is 5.82 Å². The third-order valence-corrected chi connectivity index (χ3v) is 2.30. The molecule has 0 aliphatic carbocycles. The summed E-state index contributed by atoms with van der Waals surface area (Å²) in [5.41, 5.74) is 7.59. The first-order chi connectivity index (χ1) is 7.68. The van der Waals surface area contributed by atoms with Crippen molar-refractivity contribution in [2.75, 3.05) is 11.1 Å². The van der Waals surface area contributed by atoms with E-state index in [0.717, 1.165) is 5.56 Å². The second-order valence-corrected chi connectivity index (χ2v) is 3.36. The van der Waals surface area contributed by atoms with E-state index in [-0.39, 0.29) is 5.91 Å². The maximum absolute atomic E-state index is 11.8. The number of hydrogen-bond acceptors (Lipinski definition) is 4. The Labute approximate surface area is 92.2 Å². The summed E-state index contributed by atoms with van der Waals surface area (Å²) in [4.78, 5) is 11.8. The number of hydrogen-bond donors (Lipinski definition) is 2. The summed E-state index contributed by atoms with van der Waals surface area (Å²) in [6, 6.07) is 6.77. The Morgan fingerprint density at radius 2 is 2.25 bits per heavy atom. The number of aromatic nitrogens is 1. The van der Waals surface area contributed by atoms with Gasteiger partial charge in [-0.3, -0.25) is 4.79 Å². The minimum atomic E-state index is -0.251. The Balaban J connectivity index is 2.24. The minimum Gasteiger partial charge on any atom is -0.398 e. The molecule has 82 valence electrons. The highest BCUT2D eigenvalue weighted by atomic mass is 16.5. The van der Waals surface area contributed by atoms with E-state index in [1.54, 1.807) is 31.2 Å². The highest BCUT2D eigenvalue weighted by Gasteiger charge is 2.11. The Hall–Kier alpha value is -2.30. The van der Waals surface area contributed by atoms with E-state index in [1.165, 1.54) is 6.26 Å². The van der Waals surface area contributed by atoms with Gasteiger partial charge in [0.1, 0.15) is 6.26 Å². The van der Waals surface area contributed by atoms with Crippen LogP contribution in [-0.4, -0.2) is 11.1 Å². The standard InChI is InChI=1S/C11H11N3O2/c1-7-8(3-2-4-9(7)12)11(15)13-10-5-6-16-14-10/h2-6H,12H2,1H3,(H,13,14,15). The SMILES string of the molecule is Cc1c(N)cccc1C(=O)Nc1ccon1. The van der Waals surface area contributed by atoms with E-state index in [9.17, 15) is 4.79 Å². The maximum Gasteiger partial charge on any atom is 0.257 e. The quantitative estimate of drug-likeness (QED) is 0.752. The third-order valence-electron chi connectivity index (χ3n) is 2.30. The van der Waals surface area contributed by atoms with Crippen molar-refractivity contribution in [3.63, 3.8) is 0 Å². The molecule has 5 heteroatoms. The number of carbonyl (C=O) groups excluding carboxylic acids is 1. The lowest BCUT2D eigenvalue weighted by Crippen LogP contribution is -2.14. The van der Waals surface area contributed by atoms with E-state index in [2.05, 4.69) is 15.0 Å². The number of nitrogen functional groups attached to an aromatic ring is 1. The predicted molar refractivity (Wildman–Crippen MR) is 60.0 cm³/mol. The van der Waals surface area contributed by atoms with Gasteiger partial charge in [0, 0.05) is 17.3 Å². The Kier molecular flexibility index (Phi) is 2.59. The van der Waals surface area contributed by atoms with Gasteiger partial charge in [0.2, 0.25) is 0 Å². The molecule has 1 aromatic carbocycles. The third kappa shape index (κ3) is 1.88. The Morgan fingerprint density at radius 1 is 1.44 bits per heavy atom. The number of rotatable bonds is 2. The molecule has 1 amide bonds. The number of carbonyl (C=O) groups is 1. The van der Waals surface area contributed by atoms with Crippen LogP contribution >= 0.6 is 0 Å². The molecule has 1 aromatic heterocycles. The lowest BCUT2D eigenvalue weighted by molar-refractivity contribution is 0.102. The molecule has 3 N–H and O–H groups in total. The molecule has 16 heavy (non-hydrogen) atoms. The van der Waals surface area contributed by atoms with Gasteiger partial charge >= 0.3 is 0 Å². The molecule has 0 bridgehead atoms. The summed E-state index contributed by atoms with van der Waals surface area (Å²) in [5.74, 6) is 0.130. The van der Waals surface area contributed by atoms with Crippen LogP contribution < -0.4 is 11.1 Å². The number of amides is 1. The largest absolute Gasteiger partial charge is 0.398 e. The van der Waals surface area contributed by atoms with Gasteiger partial charge in [0.05, 0.1) is 0 Å². The van der Waals surface area contributed by atoms with E-state index < -0.39 is 0 Å². The van der Waals surface area contributed by atoms with Crippen LogP contribution in [0.5, 0.6) is 0 Å². The van der Waals surface area contributed by atoms with E-state index >= 15 is 0 Å². The molecule has 5 nitrogen and oxygen atoms in total. The zero-order valence-electron chi connectivity index (χ0n) is 8.73. The van der Waals surface area contributed by atoms with Gasteiger partial charge in [-0.15, -0.1) is 0 Å². The van der Waals surface area contributed by atoms with Crippen LogP contribution in [0.4, 0.5) is 11.5 Å². The topological polar surface area (TPSA) is 81.2 Å².